The number of rotatable bonds is 5. The first-order valence-electron chi connectivity index (χ1n) is 4.73. The third kappa shape index (κ3) is 3.69. The van der Waals surface area contributed by atoms with Crippen LogP contribution < -0.4 is 5.32 Å². The molecule has 0 aliphatic carbocycles. The highest BCUT2D eigenvalue weighted by Gasteiger charge is 2.22. The second-order valence-corrected chi connectivity index (χ2v) is 3.64. The maximum Gasteiger partial charge on any atom is 0.317 e. The molecule has 82 valence electrons. The Labute approximate surface area is 88.6 Å². The maximum absolute atomic E-state index is 10.3. The Kier molecular flexibility index (Phi) is 3.82. The second-order valence-electron chi connectivity index (χ2n) is 3.64. The topological polar surface area (TPSA) is 69.6 Å². The molecule has 1 unspecified atom stereocenters. The summed E-state index contributed by atoms with van der Waals surface area (Å²) in [7, 11) is 0. The fraction of sp³-hybridized carbons (Fsp3) is 0.364. The van der Waals surface area contributed by atoms with E-state index in [1.807, 2.05) is 30.3 Å². The zero-order valence-corrected chi connectivity index (χ0v) is 8.60. The molecule has 1 aromatic carbocycles. The molecule has 0 spiro atoms. The van der Waals surface area contributed by atoms with E-state index in [0.717, 1.165) is 5.56 Å². The van der Waals surface area contributed by atoms with Gasteiger partial charge in [0.1, 0.15) is 0 Å². The largest absolute Gasteiger partial charge is 0.480 e. The van der Waals surface area contributed by atoms with Gasteiger partial charge in [0.25, 0.3) is 0 Å². The van der Waals surface area contributed by atoms with Crippen molar-refractivity contribution in [3.8, 4) is 0 Å². The van der Waals surface area contributed by atoms with Gasteiger partial charge in [0.15, 0.2) is 0 Å². The molecule has 1 rings (SSSR count). The molecule has 0 aliphatic rings. The van der Waals surface area contributed by atoms with Crippen LogP contribution in [0.3, 0.4) is 0 Å². The Morgan fingerprint density at radius 3 is 2.53 bits per heavy atom. The molecule has 0 bridgehead atoms. The van der Waals surface area contributed by atoms with E-state index in [4.69, 9.17) is 5.11 Å². The van der Waals surface area contributed by atoms with Crippen LogP contribution >= 0.6 is 0 Å². The zero-order valence-electron chi connectivity index (χ0n) is 8.60. The first-order chi connectivity index (χ1) is 7.02. The van der Waals surface area contributed by atoms with E-state index in [1.165, 1.54) is 0 Å². The lowest BCUT2D eigenvalue weighted by molar-refractivity contribution is -0.136. The molecule has 0 heterocycles. The highest BCUT2D eigenvalue weighted by Crippen LogP contribution is 2.18. The fourth-order valence-corrected chi connectivity index (χ4v) is 1.31. The quantitative estimate of drug-likeness (QED) is 0.663. The standard InChI is InChI=1S/C11H15NO3/c1-11(15,8-12-7-10(13)14)9-5-3-2-4-6-9/h2-6,12,15H,7-8H2,1H3,(H,13,14). The van der Waals surface area contributed by atoms with Gasteiger partial charge in [0.2, 0.25) is 0 Å². The molecule has 15 heavy (non-hydrogen) atoms. The van der Waals surface area contributed by atoms with E-state index in [9.17, 15) is 9.90 Å². The zero-order chi connectivity index (χ0) is 11.3. The smallest absolute Gasteiger partial charge is 0.317 e. The van der Waals surface area contributed by atoms with Gasteiger partial charge in [-0.3, -0.25) is 4.79 Å². The van der Waals surface area contributed by atoms with Crippen molar-refractivity contribution in [1.29, 1.82) is 0 Å². The van der Waals surface area contributed by atoms with Crippen molar-refractivity contribution in [2.75, 3.05) is 13.1 Å². The summed E-state index contributed by atoms with van der Waals surface area (Å²) in [6.45, 7) is 1.71. The lowest BCUT2D eigenvalue weighted by atomic mass is 9.96. The van der Waals surface area contributed by atoms with Crippen molar-refractivity contribution in [3.05, 3.63) is 35.9 Å². The SMILES string of the molecule is CC(O)(CNCC(=O)O)c1ccccc1. The summed E-state index contributed by atoms with van der Waals surface area (Å²) in [5.41, 5.74) is -0.278. The third-order valence-electron chi connectivity index (χ3n) is 2.14. The van der Waals surface area contributed by atoms with E-state index in [1.54, 1.807) is 6.92 Å². The van der Waals surface area contributed by atoms with Gasteiger partial charge in [0.05, 0.1) is 12.1 Å². The van der Waals surface area contributed by atoms with Gasteiger partial charge in [-0.05, 0) is 12.5 Å². The molecule has 4 heteroatoms. The highest BCUT2D eigenvalue weighted by atomic mass is 16.4. The minimum atomic E-state index is -1.04. The number of carbonyl (C=O) groups is 1. The fourth-order valence-electron chi connectivity index (χ4n) is 1.31. The summed E-state index contributed by atoms with van der Waals surface area (Å²) >= 11 is 0. The number of hydrogen-bond donors (Lipinski definition) is 3. The number of carboxylic acid groups (broad SMARTS) is 1. The molecular weight excluding hydrogens is 194 g/mol. The van der Waals surface area contributed by atoms with Crippen molar-refractivity contribution in [1.82, 2.24) is 5.32 Å². The molecule has 0 fully saturated rings. The lowest BCUT2D eigenvalue weighted by Crippen LogP contribution is -2.37. The summed E-state index contributed by atoms with van der Waals surface area (Å²) in [4.78, 5) is 10.3. The number of hydrogen-bond acceptors (Lipinski definition) is 3. The number of aliphatic hydroxyl groups is 1. The van der Waals surface area contributed by atoms with Crippen LogP contribution in [0.4, 0.5) is 0 Å². The van der Waals surface area contributed by atoms with Crippen LogP contribution in [-0.4, -0.2) is 29.3 Å². The molecule has 3 N–H and O–H groups in total. The number of benzene rings is 1. The van der Waals surface area contributed by atoms with Crippen molar-refractivity contribution >= 4 is 5.97 Å². The number of nitrogens with one attached hydrogen (secondary N) is 1. The monoisotopic (exact) mass is 209 g/mol. The lowest BCUT2D eigenvalue weighted by Gasteiger charge is -2.23. The van der Waals surface area contributed by atoms with Crippen LogP contribution in [-0.2, 0) is 10.4 Å². The minimum Gasteiger partial charge on any atom is -0.480 e. The molecule has 0 saturated carbocycles. The molecule has 0 aliphatic heterocycles. The first-order valence-corrected chi connectivity index (χ1v) is 4.73. The van der Waals surface area contributed by atoms with Crippen LogP contribution in [0.25, 0.3) is 0 Å². The van der Waals surface area contributed by atoms with E-state index in [-0.39, 0.29) is 13.1 Å². The molecule has 0 amide bonds. The van der Waals surface area contributed by atoms with E-state index in [2.05, 4.69) is 5.32 Å². The summed E-state index contributed by atoms with van der Waals surface area (Å²) in [5, 5.41) is 21.2. The Morgan fingerprint density at radius 1 is 1.40 bits per heavy atom. The maximum atomic E-state index is 10.3. The van der Waals surface area contributed by atoms with Crippen molar-refractivity contribution in [2.45, 2.75) is 12.5 Å². The van der Waals surface area contributed by atoms with Gasteiger partial charge in [-0.15, -0.1) is 0 Å². The van der Waals surface area contributed by atoms with Crippen LogP contribution in [0, 0.1) is 0 Å². The van der Waals surface area contributed by atoms with Crippen molar-refractivity contribution in [2.24, 2.45) is 0 Å². The van der Waals surface area contributed by atoms with E-state index in [0.29, 0.717) is 0 Å². The minimum absolute atomic E-state index is 0.150. The molecule has 1 aromatic rings. The normalized spacial score (nSPS) is 14.5. The highest BCUT2D eigenvalue weighted by molar-refractivity contribution is 5.69. The van der Waals surface area contributed by atoms with Gasteiger partial charge in [-0.2, -0.15) is 0 Å². The van der Waals surface area contributed by atoms with Gasteiger partial charge >= 0.3 is 5.97 Å². The van der Waals surface area contributed by atoms with Crippen LogP contribution in [0.2, 0.25) is 0 Å². The summed E-state index contributed by atoms with van der Waals surface area (Å²) in [5.74, 6) is -0.932. The molecule has 0 saturated heterocycles. The molecule has 0 aromatic heterocycles. The molecule has 4 nitrogen and oxygen atoms in total. The first kappa shape index (κ1) is 11.7. The van der Waals surface area contributed by atoms with Gasteiger partial charge < -0.3 is 15.5 Å². The molecule has 1 atom stereocenters. The Morgan fingerprint density at radius 2 is 2.00 bits per heavy atom. The van der Waals surface area contributed by atoms with Crippen molar-refractivity contribution < 1.29 is 15.0 Å². The van der Waals surface area contributed by atoms with E-state index >= 15 is 0 Å². The average molecular weight is 209 g/mol. The predicted molar refractivity (Wildman–Crippen MR) is 56.5 cm³/mol. The van der Waals surface area contributed by atoms with Gasteiger partial charge in [-0.25, -0.2) is 0 Å². The number of carboxylic acids is 1. The summed E-state index contributed by atoms with van der Waals surface area (Å²) in [6, 6.07) is 9.15. The van der Waals surface area contributed by atoms with Crippen molar-refractivity contribution in [3.63, 3.8) is 0 Å². The van der Waals surface area contributed by atoms with Gasteiger partial charge in [0, 0.05) is 6.54 Å². The molecular formula is C11H15NO3. The van der Waals surface area contributed by atoms with Crippen LogP contribution in [0.15, 0.2) is 30.3 Å². The second kappa shape index (κ2) is 4.91. The Hall–Kier alpha value is -1.39. The van der Waals surface area contributed by atoms with E-state index < -0.39 is 11.6 Å². The predicted octanol–water partition coefficient (Wildman–Crippen LogP) is 0.568. The van der Waals surface area contributed by atoms with Gasteiger partial charge in [-0.1, -0.05) is 30.3 Å². The Balaban J connectivity index is 2.56. The van der Waals surface area contributed by atoms with Crippen LogP contribution in [0.5, 0.6) is 0 Å². The van der Waals surface area contributed by atoms with Crippen LogP contribution in [0.1, 0.15) is 12.5 Å². The Bertz CT molecular complexity index is 322. The average Bonchev–Trinajstić information content (AvgIpc) is 2.18. The summed E-state index contributed by atoms with van der Waals surface area (Å²) < 4.78 is 0. The molecule has 0 radical (unpaired) electrons. The number of aliphatic carboxylic acids is 1. The summed E-state index contributed by atoms with van der Waals surface area (Å²) in [6.07, 6.45) is 0. The third-order valence-corrected chi connectivity index (χ3v) is 2.14.